The minimum atomic E-state index is -0.342. The van der Waals surface area contributed by atoms with Crippen LogP contribution in [0.5, 0.6) is 0 Å². The van der Waals surface area contributed by atoms with Crippen molar-refractivity contribution in [2.75, 3.05) is 13.7 Å². The lowest BCUT2D eigenvalue weighted by Gasteiger charge is -2.41. The first-order chi connectivity index (χ1) is 8.75. The molecule has 2 fully saturated rings. The maximum atomic E-state index is 12.4. The summed E-state index contributed by atoms with van der Waals surface area (Å²) in [7, 11) is 1.52. The average molecular weight is 254 g/mol. The van der Waals surface area contributed by atoms with Crippen LogP contribution in [-0.2, 0) is 14.3 Å². The van der Waals surface area contributed by atoms with Crippen LogP contribution >= 0.6 is 0 Å². The van der Waals surface area contributed by atoms with E-state index in [4.69, 9.17) is 9.47 Å². The molecule has 0 N–H and O–H groups in total. The number of rotatable bonds is 4. The van der Waals surface area contributed by atoms with Crippen molar-refractivity contribution in [2.24, 2.45) is 11.3 Å². The number of ether oxygens (including phenoxy) is 2. The Morgan fingerprint density at radius 1 is 1.17 bits per heavy atom. The number of methoxy groups -OCH3 is 1. The molecule has 3 nitrogen and oxygen atoms in total. The lowest BCUT2D eigenvalue weighted by Crippen LogP contribution is -2.47. The largest absolute Gasteiger partial charge is 0.469 e. The van der Waals surface area contributed by atoms with Gasteiger partial charge in [0.15, 0.2) is 0 Å². The van der Waals surface area contributed by atoms with E-state index in [2.05, 4.69) is 0 Å². The molecule has 2 aliphatic carbocycles. The third-order valence-corrected chi connectivity index (χ3v) is 4.90. The molecular formula is C15H26O3. The summed E-state index contributed by atoms with van der Waals surface area (Å²) in [5, 5.41) is 0. The third kappa shape index (κ3) is 2.29. The van der Waals surface area contributed by atoms with Crippen LogP contribution in [0.15, 0.2) is 0 Å². The molecule has 3 heteroatoms. The number of hydrogen-bond acceptors (Lipinski definition) is 3. The topological polar surface area (TPSA) is 35.5 Å². The van der Waals surface area contributed by atoms with Gasteiger partial charge in [0.2, 0.25) is 0 Å². The Morgan fingerprint density at radius 3 is 2.50 bits per heavy atom. The molecule has 0 radical (unpaired) electrons. The monoisotopic (exact) mass is 254 g/mol. The van der Waals surface area contributed by atoms with Crippen LogP contribution in [0.25, 0.3) is 0 Å². The number of carbonyl (C=O) groups is 1. The van der Waals surface area contributed by atoms with Gasteiger partial charge in [0.05, 0.1) is 18.6 Å². The summed E-state index contributed by atoms with van der Waals surface area (Å²) in [6.07, 6.45) is 9.29. The van der Waals surface area contributed by atoms with Crippen LogP contribution in [0.3, 0.4) is 0 Å². The van der Waals surface area contributed by atoms with Crippen LogP contribution in [0.4, 0.5) is 0 Å². The minimum absolute atomic E-state index is 0.0228. The zero-order valence-electron chi connectivity index (χ0n) is 11.7. The maximum absolute atomic E-state index is 12.4. The van der Waals surface area contributed by atoms with E-state index in [-0.39, 0.29) is 17.5 Å². The lowest BCUT2D eigenvalue weighted by molar-refractivity contribution is -0.168. The first-order valence-electron chi connectivity index (χ1n) is 7.45. The highest BCUT2D eigenvalue weighted by Gasteiger charge is 2.55. The maximum Gasteiger partial charge on any atom is 0.314 e. The predicted molar refractivity (Wildman–Crippen MR) is 70.3 cm³/mol. The highest BCUT2D eigenvalue weighted by atomic mass is 16.5. The molecule has 0 saturated heterocycles. The lowest BCUT2D eigenvalue weighted by atomic mass is 9.66. The van der Waals surface area contributed by atoms with Crippen molar-refractivity contribution < 1.29 is 14.3 Å². The van der Waals surface area contributed by atoms with Crippen molar-refractivity contribution in [3.8, 4) is 0 Å². The molecule has 2 atom stereocenters. The Kier molecular flexibility index (Phi) is 4.66. The summed E-state index contributed by atoms with van der Waals surface area (Å²) in [6, 6.07) is 0. The van der Waals surface area contributed by atoms with Gasteiger partial charge in [0.1, 0.15) is 0 Å². The molecule has 0 aromatic carbocycles. The summed E-state index contributed by atoms with van der Waals surface area (Å²) >= 11 is 0. The standard InChI is InChI=1S/C15H26O3/c1-3-18-13-10-7-11-15(13,14(16)17-2)12-8-5-4-6-9-12/h12-13H,3-11H2,1-2H3. The molecule has 0 spiro atoms. The average Bonchev–Trinajstić information content (AvgIpc) is 2.84. The van der Waals surface area contributed by atoms with Gasteiger partial charge in [-0.25, -0.2) is 0 Å². The fourth-order valence-corrected chi connectivity index (χ4v) is 4.11. The molecule has 0 aliphatic heterocycles. The molecular weight excluding hydrogens is 228 g/mol. The SMILES string of the molecule is CCOC1CCCC1(C(=O)OC)C1CCCCC1. The van der Waals surface area contributed by atoms with Gasteiger partial charge in [0.25, 0.3) is 0 Å². The summed E-state index contributed by atoms with van der Waals surface area (Å²) in [5.74, 6) is 0.447. The zero-order chi connectivity index (χ0) is 13.0. The molecule has 18 heavy (non-hydrogen) atoms. The van der Waals surface area contributed by atoms with Gasteiger partial charge < -0.3 is 9.47 Å². The highest BCUT2D eigenvalue weighted by molar-refractivity contribution is 5.78. The zero-order valence-corrected chi connectivity index (χ0v) is 11.7. The second-order valence-corrected chi connectivity index (χ2v) is 5.70. The highest BCUT2D eigenvalue weighted by Crippen LogP contribution is 2.51. The van der Waals surface area contributed by atoms with Crippen molar-refractivity contribution in [2.45, 2.75) is 64.4 Å². The summed E-state index contributed by atoms with van der Waals surface area (Å²) in [5.41, 5.74) is -0.342. The summed E-state index contributed by atoms with van der Waals surface area (Å²) < 4.78 is 11.0. The number of carbonyl (C=O) groups excluding carboxylic acids is 1. The number of esters is 1. The van der Waals surface area contributed by atoms with Crippen LogP contribution in [-0.4, -0.2) is 25.8 Å². The second kappa shape index (κ2) is 6.05. The van der Waals surface area contributed by atoms with Crippen LogP contribution < -0.4 is 0 Å². The normalized spacial score (nSPS) is 33.6. The van der Waals surface area contributed by atoms with Gasteiger partial charge in [-0.2, -0.15) is 0 Å². The minimum Gasteiger partial charge on any atom is -0.469 e. The molecule has 104 valence electrons. The fourth-order valence-electron chi connectivity index (χ4n) is 4.11. The van der Waals surface area contributed by atoms with E-state index >= 15 is 0 Å². The Morgan fingerprint density at radius 2 is 1.89 bits per heavy atom. The van der Waals surface area contributed by atoms with Crippen molar-refractivity contribution in [3.05, 3.63) is 0 Å². The Bertz CT molecular complexity index is 283. The van der Waals surface area contributed by atoms with E-state index in [9.17, 15) is 4.79 Å². The quantitative estimate of drug-likeness (QED) is 0.722. The van der Waals surface area contributed by atoms with Crippen molar-refractivity contribution in [1.29, 1.82) is 0 Å². The predicted octanol–water partition coefficient (Wildman–Crippen LogP) is 3.32. The summed E-state index contributed by atoms with van der Waals surface area (Å²) in [6.45, 7) is 2.71. The van der Waals surface area contributed by atoms with Gasteiger partial charge in [-0.3, -0.25) is 4.79 Å². The van der Waals surface area contributed by atoms with Crippen LogP contribution in [0, 0.1) is 11.3 Å². The smallest absolute Gasteiger partial charge is 0.314 e. The van der Waals surface area contributed by atoms with Gasteiger partial charge in [0, 0.05) is 6.61 Å². The second-order valence-electron chi connectivity index (χ2n) is 5.70. The third-order valence-electron chi connectivity index (χ3n) is 4.90. The van der Waals surface area contributed by atoms with Crippen molar-refractivity contribution >= 4 is 5.97 Å². The Labute approximate surface area is 110 Å². The first kappa shape index (κ1) is 13.9. The van der Waals surface area contributed by atoms with Gasteiger partial charge >= 0.3 is 5.97 Å². The van der Waals surface area contributed by atoms with Crippen LogP contribution in [0.2, 0.25) is 0 Å². The molecule has 0 aromatic rings. The Hall–Kier alpha value is -0.570. The van der Waals surface area contributed by atoms with E-state index in [0.717, 1.165) is 19.3 Å². The van der Waals surface area contributed by atoms with Crippen molar-refractivity contribution in [3.63, 3.8) is 0 Å². The first-order valence-corrected chi connectivity index (χ1v) is 7.45. The van der Waals surface area contributed by atoms with Gasteiger partial charge in [-0.05, 0) is 44.9 Å². The molecule has 2 unspecified atom stereocenters. The van der Waals surface area contributed by atoms with Gasteiger partial charge in [-0.1, -0.05) is 19.3 Å². The molecule has 0 bridgehead atoms. The fraction of sp³-hybridized carbons (Fsp3) is 0.933. The van der Waals surface area contributed by atoms with E-state index in [1.807, 2.05) is 6.92 Å². The van der Waals surface area contributed by atoms with Crippen LogP contribution in [0.1, 0.15) is 58.3 Å². The Balaban J connectivity index is 2.23. The molecule has 2 aliphatic rings. The molecule has 0 aromatic heterocycles. The van der Waals surface area contributed by atoms with E-state index in [0.29, 0.717) is 12.5 Å². The number of hydrogen-bond donors (Lipinski definition) is 0. The molecule has 0 heterocycles. The van der Waals surface area contributed by atoms with Crippen molar-refractivity contribution in [1.82, 2.24) is 0 Å². The molecule has 0 amide bonds. The van der Waals surface area contributed by atoms with E-state index in [1.165, 1.54) is 39.2 Å². The van der Waals surface area contributed by atoms with E-state index < -0.39 is 0 Å². The molecule has 2 saturated carbocycles. The van der Waals surface area contributed by atoms with E-state index in [1.54, 1.807) is 0 Å². The molecule has 2 rings (SSSR count). The van der Waals surface area contributed by atoms with Gasteiger partial charge in [-0.15, -0.1) is 0 Å². The summed E-state index contributed by atoms with van der Waals surface area (Å²) in [4.78, 5) is 12.4.